The number of carbonyl (C=O) groups excluding carboxylic acids is 1. The van der Waals surface area contributed by atoms with E-state index in [2.05, 4.69) is 5.32 Å². The smallest absolute Gasteiger partial charge is 0.189 e. The number of nitrogens with one attached hydrogen (secondary N) is 1. The van der Waals surface area contributed by atoms with Gasteiger partial charge in [0.1, 0.15) is 0 Å². The number of ketones is 1. The van der Waals surface area contributed by atoms with Crippen LogP contribution in [0, 0.1) is 0 Å². The summed E-state index contributed by atoms with van der Waals surface area (Å²) in [7, 11) is 3.20. The average Bonchev–Trinajstić information content (AvgIpc) is 1.82. The predicted octanol–water partition coefficient (Wildman–Crippen LogP) is 0.283. The van der Waals surface area contributed by atoms with Gasteiger partial charge in [-0.3, -0.25) is 4.79 Å². The van der Waals surface area contributed by atoms with Crippen LogP contribution in [-0.2, 0) is 9.53 Å². The van der Waals surface area contributed by atoms with Gasteiger partial charge in [-0.1, -0.05) is 0 Å². The van der Waals surface area contributed by atoms with Gasteiger partial charge in [0.25, 0.3) is 0 Å². The van der Waals surface area contributed by atoms with Crippen molar-refractivity contribution in [2.75, 3.05) is 14.2 Å². The Morgan fingerprint density at radius 1 is 1.67 bits per heavy atom. The maximum atomic E-state index is 10.4. The van der Waals surface area contributed by atoms with Gasteiger partial charge in [-0.05, 0) is 6.92 Å². The summed E-state index contributed by atoms with van der Waals surface area (Å²) in [5, 5.41) is 2.70. The molecule has 0 spiro atoms. The summed E-state index contributed by atoms with van der Waals surface area (Å²) >= 11 is 0. The number of methoxy groups -OCH3 is 1. The Balaban J connectivity index is 3.91. The zero-order chi connectivity index (χ0) is 7.28. The molecule has 0 atom stereocenters. The molecule has 0 aromatic heterocycles. The fourth-order valence-corrected chi connectivity index (χ4v) is 0.418. The van der Waals surface area contributed by atoms with Crippen molar-refractivity contribution in [3.63, 3.8) is 0 Å². The van der Waals surface area contributed by atoms with E-state index in [4.69, 9.17) is 4.74 Å². The van der Waals surface area contributed by atoms with Gasteiger partial charge in [-0.2, -0.15) is 0 Å². The summed E-state index contributed by atoms with van der Waals surface area (Å²) in [6.07, 6.45) is 1.39. The minimum atomic E-state index is -0.0267. The molecule has 0 fully saturated rings. The SMILES string of the molecule is CN/C(=C/C(C)=O)OC. The third kappa shape index (κ3) is 3.58. The van der Waals surface area contributed by atoms with Gasteiger partial charge in [0.05, 0.1) is 7.11 Å². The lowest BCUT2D eigenvalue weighted by atomic mass is 10.4. The highest BCUT2D eigenvalue weighted by Crippen LogP contribution is 1.86. The molecular weight excluding hydrogens is 118 g/mol. The standard InChI is InChI=1S/C6H11NO2/c1-5(8)4-6(7-2)9-3/h4,7H,1-3H3/b6-4-. The molecule has 9 heavy (non-hydrogen) atoms. The second-order valence-corrected chi connectivity index (χ2v) is 1.57. The number of hydrogen-bond acceptors (Lipinski definition) is 3. The van der Waals surface area contributed by atoms with E-state index in [1.54, 1.807) is 7.05 Å². The van der Waals surface area contributed by atoms with Crippen molar-refractivity contribution in [1.29, 1.82) is 0 Å². The van der Waals surface area contributed by atoms with E-state index in [0.29, 0.717) is 5.88 Å². The largest absolute Gasteiger partial charge is 0.482 e. The number of ether oxygens (including phenoxy) is 1. The molecule has 0 unspecified atom stereocenters. The molecule has 0 rings (SSSR count). The predicted molar refractivity (Wildman–Crippen MR) is 34.8 cm³/mol. The van der Waals surface area contributed by atoms with Crippen molar-refractivity contribution >= 4 is 5.78 Å². The molecular formula is C6H11NO2. The normalized spacial score (nSPS) is 10.8. The van der Waals surface area contributed by atoms with Crippen LogP contribution in [0.4, 0.5) is 0 Å². The first-order valence-corrected chi connectivity index (χ1v) is 2.64. The first-order chi connectivity index (χ1) is 4.20. The molecule has 3 heteroatoms. The molecule has 0 amide bonds. The van der Waals surface area contributed by atoms with Crippen LogP contribution >= 0.6 is 0 Å². The van der Waals surface area contributed by atoms with E-state index in [0.717, 1.165) is 0 Å². The zero-order valence-corrected chi connectivity index (χ0v) is 5.89. The van der Waals surface area contributed by atoms with Gasteiger partial charge >= 0.3 is 0 Å². The van der Waals surface area contributed by atoms with Gasteiger partial charge in [-0.15, -0.1) is 0 Å². The first-order valence-electron chi connectivity index (χ1n) is 2.64. The lowest BCUT2D eigenvalue weighted by Gasteiger charge is -2.01. The zero-order valence-electron chi connectivity index (χ0n) is 5.89. The van der Waals surface area contributed by atoms with E-state index >= 15 is 0 Å². The van der Waals surface area contributed by atoms with E-state index < -0.39 is 0 Å². The minimum absolute atomic E-state index is 0.0267. The van der Waals surface area contributed by atoms with E-state index in [-0.39, 0.29) is 5.78 Å². The molecule has 0 aromatic carbocycles. The molecule has 52 valence electrons. The van der Waals surface area contributed by atoms with Crippen LogP contribution in [0.3, 0.4) is 0 Å². The highest BCUT2D eigenvalue weighted by atomic mass is 16.5. The third-order valence-corrected chi connectivity index (χ3v) is 0.801. The Morgan fingerprint density at radius 2 is 2.22 bits per heavy atom. The number of carbonyl (C=O) groups is 1. The summed E-state index contributed by atoms with van der Waals surface area (Å²) in [5.41, 5.74) is 0. The maximum Gasteiger partial charge on any atom is 0.189 e. The molecule has 0 radical (unpaired) electrons. The molecule has 0 aromatic rings. The monoisotopic (exact) mass is 129 g/mol. The quantitative estimate of drug-likeness (QED) is 0.439. The topological polar surface area (TPSA) is 38.3 Å². The van der Waals surface area contributed by atoms with Crippen LogP contribution in [0.2, 0.25) is 0 Å². The minimum Gasteiger partial charge on any atom is -0.482 e. The molecule has 0 saturated heterocycles. The average molecular weight is 129 g/mol. The summed E-state index contributed by atoms with van der Waals surface area (Å²) < 4.78 is 4.74. The van der Waals surface area contributed by atoms with Crippen LogP contribution in [0.5, 0.6) is 0 Å². The molecule has 0 aliphatic heterocycles. The van der Waals surface area contributed by atoms with E-state index in [9.17, 15) is 4.79 Å². The Hall–Kier alpha value is -0.990. The van der Waals surface area contributed by atoms with E-state index in [1.165, 1.54) is 20.1 Å². The number of hydrogen-bond donors (Lipinski definition) is 1. The molecule has 0 aliphatic rings. The second kappa shape index (κ2) is 3.95. The van der Waals surface area contributed by atoms with Crippen LogP contribution in [0.1, 0.15) is 6.92 Å². The number of allylic oxidation sites excluding steroid dienone is 1. The van der Waals surface area contributed by atoms with Gasteiger partial charge in [0, 0.05) is 13.1 Å². The van der Waals surface area contributed by atoms with Crippen LogP contribution in [0.15, 0.2) is 12.0 Å². The molecule has 0 heterocycles. The van der Waals surface area contributed by atoms with Gasteiger partial charge in [0.2, 0.25) is 0 Å². The fourth-order valence-electron chi connectivity index (χ4n) is 0.418. The molecule has 3 nitrogen and oxygen atoms in total. The van der Waals surface area contributed by atoms with Crippen molar-refractivity contribution in [1.82, 2.24) is 5.32 Å². The molecule has 0 bridgehead atoms. The lowest BCUT2D eigenvalue weighted by Crippen LogP contribution is -2.08. The number of rotatable bonds is 3. The summed E-state index contributed by atoms with van der Waals surface area (Å²) in [6, 6.07) is 0. The Labute approximate surface area is 54.7 Å². The van der Waals surface area contributed by atoms with Crippen LogP contribution in [-0.4, -0.2) is 19.9 Å². The van der Waals surface area contributed by atoms with Gasteiger partial charge in [-0.25, -0.2) is 0 Å². The van der Waals surface area contributed by atoms with Gasteiger partial charge < -0.3 is 10.1 Å². The van der Waals surface area contributed by atoms with Crippen LogP contribution < -0.4 is 5.32 Å². The second-order valence-electron chi connectivity index (χ2n) is 1.57. The Bertz CT molecular complexity index is 123. The van der Waals surface area contributed by atoms with Crippen molar-refractivity contribution in [3.8, 4) is 0 Å². The Morgan fingerprint density at radius 3 is 2.33 bits per heavy atom. The van der Waals surface area contributed by atoms with Crippen molar-refractivity contribution < 1.29 is 9.53 Å². The summed E-state index contributed by atoms with van der Waals surface area (Å²) in [6.45, 7) is 1.47. The van der Waals surface area contributed by atoms with Crippen molar-refractivity contribution in [2.24, 2.45) is 0 Å². The highest BCUT2D eigenvalue weighted by Gasteiger charge is 1.90. The summed E-state index contributed by atoms with van der Waals surface area (Å²) in [4.78, 5) is 10.4. The highest BCUT2D eigenvalue weighted by molar-refractivity contribution is 5.87. The Kier molecular flexibility index (Phi) is 3.51. The summed E-state index contributed by atoms with van der Waals surface area (Å²) in [5.74, 6) is 0.462. The van der Waals surface area contributed by atoms with Crippen molar-refractivity contribution in [2.45, 2.75) is 6.92 Å². The molecule has 0 aliphatic carbocycles. The van der Waals surface area contributed by atoms with Crippen molar-refractivity contribution in [3.05, 3.63) is 12.0 Å². The first kappa shape index (κ1) is 8.01. The lowest BCUT2D eigenvalue weighted by molar-refractivity contribution is -0.112. The van der Waals surface area contributed by atoms with E-state index in [1.807, 2.05) is 0 Å². The third-order valence-electron chi connectivity index (χ3n) is 0.801. The molecule has 0 saturated carbocycles. The maximum absolute atomic E-state index is 10.4. The van der Waals surface area contributed by atoms with Gasteiger partial charge in [0.15, 0.2) is 11.7 Å². The fraction of sp³-hybridized carbons (Fsp3) is 0.500. The molecule has 1 N–H and O–H groups in total. The van der Waals surface area contributed by atoms with Crippen LogP contribution in [0.25, 0.3) is 0 Å².